The maximum atomic E-state index is 12.9. The molecule has 0 aliphatic carbocycles. The van der Waals surface area contributed by atoms with Crippen molar-refractivity contribution in [2.24, 2.45) is 0 Å². The Morgan fingerprint density at radius 1 is 1.00 bits per heavy atom. The standard InChI is InChI=1S/C27H18F3N3O4/c28-27(29,30)37-18-9-7-15-5-3-11-33(21(15)14-18)25-24(23-13-16-4-1-2-6-22(16)36-23)31-19-10-8-17(26(34)35)12-20(19)32-25/h1-2,4,6-10,12-14H,3,5,11H2,(H,34,35). The molecule has 0 saturated heterocycles. The van der Waals surface area contributed by atoms with E-state index in [4.69, 9.17) is 14.4 Å². The molecule has 0 unspecified atom stereocenters. The predicted molar refractivity (Wildman–Crippen MR) is 130 cm³/mol. The zero-order valence-electron chi connectivity index (χ0n) is 19.1. The first kappa shape index (κ1) is 22.8. The Morgan fingerprint density at radius 3 is 2.62 bits per heavy atom. The minimum absolute atomic E-state index is 0.0455. The van der Waals surface area contributed by atoms with Gasteiger partial charge in [-0.3, -0.25) is 0 Å². The fraction of sp³-hybridized carbons (Fsp3) is 0.148. The first-order chi connectivity index (χ1) is 17.7. The van der Waals surface area contributed by atoms with E-state index in [0.29, 0.717) is 52.5 Å². The summed E-state index contributed by atoms with van der Waals surface area (Å²) in [7, 11) is 0. The maximum Gasteiger partial charge on any atom is 0.573 e. The molecular weight excluding hydrogens is 487 g/mol. The van der Waals surface area contributed by atoms with E-state index in [2.05, 4.69) is 4.74 Å². The summed E-state index contributed by atoms with van der Waals surface area (Å²) >= 11 is 0. The Balaban J connectivity index is 1.57. The van der Waals surface area contributed by atoms with Crippen molar-refractivity contribution in [3.8, 4) is 17.2 Å². The number of para-hydroxylation sites is 1. The molecule has 2 aromatic heterocycles. The van der Waals surface area contributed by atoms with Crippen molar-refractivity contribution in [3.05, 3.63) is 77.9 Å². The van der Waals surface area contributed by atoms with Crippen LogP contribution >= 0.6 is 0 Å². The Hall–Kier alpha value is -4.60. The number of halogens is 3. The van der Waals surface area contributed by atoms with Crippen LogP contribution in [0.15, 0.2) is 71.1 Å². The summed E-state index contributed by atoms with van der Waals surface area (Å²) in [5.74, 6) is -0.670. The van der Waals surface area contributed by atoms with Crippen LogP contribution in [0.25, 0.3) is 33.5 Å². The normalized spacial score (nSPS) is 13.6. The third kappa shape index (κ3) is 4.31. The molecule has 10 heteroatoms. The van der Waals surface area contributed by atoms with E-state index in [0.717, 1.165) is 17.4 Å². The number of aromatic nitrogens is 2. The van der Waals surface area contributed by atoms with E-state index in [1.165, 1.54) is 24.3 Å². The summed E-state index contributed by atoms with van der Waals surface area (Å²) < 4.78 is 49.1. The van der Waals surface area contributed by atoms with Crippen LogP contribution in [0, 0.1) is 0 Å². The van der Waals surface area contributed by atoms with E-state index in [9.17, 15) is 23.1 Å². The summed E-state index contributed by atoms with van der Waals surface area (Å²) in [5.41, 5.74) is 3.21. The first-order valence-corrected chi connectivity index (χ1v) is 11.5. The number of furan rings is 1. The molecule has 0 saturated carbocycles. The first-order valence-electron chi connectivity index (χ1n) is 11.5. The molecule has 1 N–H and O–H groups in total. The van der Waals surface area contributed by atoms with Crippen molar-refractivity contribution in [1.82, 2.24) is 9.97 Å². The van der Waals surface area contributed by atoms with Crippen LogP contribution in [0.5, 0.6) is 5.75 Å². The number of benzene rings is 3. The molecule has 1 aliphatic rings. The van der Waals surface area contributed by atoms with Gasteiger partial charge in [0.1, 0.15) is 17.0 Å². The largest absolute Gasteiger partial charge is 0.573 e. The van der Waals surface area contributed by atoms with E-state index >= 15 is 0 Å². The lowest BCUT2D eigenvalue weighted by molar-refractivity contribution is -0.274. The number of nitrogens with zero attached hydrogens (tertiary/aromatic N) is 3. The fourth-order valence-electron chi connectivity index (χ4n) is 4.60. The highest BCUT2D eigenvalue weighted by Gasteiger charge is 2.32. The van der Waals surface area contributed by atoms with Gasteiger partial charge in [-0.1, -0.05) is 24.3 Å². The van der Waals surface area contributed by atoms with Gasteiger partial charge in [0, 0.05) is 23.7 Å². The molecule has 0 spiro atoms. The third-order valence-corrected chi connectivity index (χ3v) is 6.22. The highest BCUT2D eigenvalue weighted by Crippen LogP contribution is 2.41. The van der Waals surface area contributed by atoms with Gasteiger partial charge in [-0.2, -0.15) is 0 Å². The van der Waals surface area contributed by atoms with Crippen LogP contribution in [-0.2, 0) is 6.42 Å². The second-order valence-electron chi connectivity index (χ2n) is 8.65. The van der Waals surface area contributed by atoms with E-state index in [-0.39, 0.29) is 11.3 Å². The number of aromatic carboxylic acids is 1. The van der Waals surface area contributed by atoms with E-state index in [1.807, 2.05) is 30.3 Å². The Labute approximate surface area is 207 Å². The number of alkyl halides is 3. The summed E-state index contributed by atoms with van der Waals surface area (Å²) in [6.07, 6.45) is -3.44. The molecular formula is C27H18F3N3O4. The molecule has 3 aromatic carbocycles. The van der Waals surface area contributed by atoms with Crippen LogP contribution in [0.2, 0.25) is 0 Å². The number of anilines is 2. The van der Waals surface area contributed by atoms with Crippen LogP contribution in [0.3, 0.4) is 0 Å². The molecule has 186 valence electrons. The van der Waals surface area contributed by atoms with Crippen LogP contribution < -0.4 is 9.64 Å². The molecule has 37 heavy (non-hydrogen) atoms. The molecule has 3 heterocycles. The molecule has 1 aliphatic heterocycles. The number of ether oxygens (including phenoxy) is 1. The smallest absolute Gasteiger partial charge is 0.478 e. The molecule has 0 bridgehead atoms. The van der Waals surface area contributed by atoms with Gasteiger partial charge >= 0.3 is 12.3 Å². The molecule has 0 amide bonds. The highest BCUT2D eigenvalue weighted by atomic mass is 19.4. The maximum absolute atomic E-state index is 12.9. The summed E-state index contributed by atoms with van der Waals surface area (Å²) in [5, 5.41) is 10.3. The Kier molecular flexibility index (Phi) is 5.25. The van der Waals surface area contributed by atoms with Crippen molar-refractivity contribution in [2.45, 2.75) is 19.2 Å². The number of aryl methyl sites for hydroxylation is 1. The van der Waals surface area contributed by atoms with Gasteiger partial charge < -0.3 is 19.2 Å². The summed E-state index contributed by atoms with van der Waals surface area (Å²) in [6.45, 7) is 0.453. The van der Waals surface area contributed by atoms with Gasteiger partial charge in [0.2, 0.25) is 0 Å². The quantitative estimate of drug-likeness (QED) is 0.290. The highest BCUT2D eigenvalue weighted by molar-refractivity contribution is 5.94. The van der Waals surface area contributed by atoms with Gasteiger partial charge in [-0.05, 0) is 54.8 Å². The fourth-order valence-corrected chi connectivity index (χ4v) is 4.60. The monoisotopic (exact) mass is 505 g/mol. The number of hydrogen-bond acceptors (Lipinski definition) is 6. The van der Waals surface area contributed by atoms with Crippen molar-refractivity contribution < 1.29 is 32.2 Å². The van der Waals surface area contributed by atoms with Crippen LogP contribution in [0.1, 0.15) is 22.3 Å². The third-order valence-electron chi connectivity index (χ3n) is 6.22. The molecule has 6 rings (SSSR count). The number of carbonyl (C=O) groups is 1. The molecule has 0 fully saturated rings. The van der Waals surface area contributed by atoms with E-state index < -0.39 is 12.3 Å². The molecule has 7 nitrogen and oxygen atoms in total. The second kappa shape index (κ2) is 8.51. The SMILES string of the molecule is O=C(O)c1ccc2nc(-c3cc4ccccc4o3)c(N3CCCc4ccc(OC(F)(F)F)cc43)nc2c1. The molecule has 0 radical (unpaired) electrons. The van der Waals surface area contributed by atoms with Crippen LogP contribution in [0.4, 0.5) is 24.7 Å². The minimum Gasteiger partial charge on any atom is -0.478 e. The average Bonchev–Trinajstić information content (AvgIpc) is 3.30. The number of carboxylic acid groups (broad SMARTS) is 1. The van der Waals surface area contributed by atoms with Gasteiger partial charge in [0.05, 0.1) is 16.6 Å². The second-order valence-corrected chi connectivity index (χ2v) is 8.65. The average molecular weight is 505 g/mol. The summed E-state index contributed by atoms with van der Waals surface area (Å²) in [4.78, 5) is 22.9. The number of fused-ring (bicyclic) bond motifs is 3. The van der Waals surface area contributed by atoms with E-state index in [1.54, 1.807) is 17.0 Å². The lowest BCUT2D eigenvalue weighted by Gasteiger charge is -2.31. The zero-order valence-corrected chi connectivity index (χ0v) is 19.1. The lowest BCUT2D eigenvalue weighted by Crippen LogP contribution is -2.26. The summed E-state index contributed by atoms with van der Waals surface area (Å²) in [6, 6.07) is 17.9. The Bertz CT molecular complexity index is 1650. The molecule has 5 aromatic rings. The zero-order chi connectivity index (χ0) is 25.7. The lowest BCUT2D eigenvalue weighted by atomic mass is 10.0. The topological polar surface area (TPSA) is 88.7 Å². The number of rotatable bonds is 4. The van der Waals surface area contributed by atoms with Gasteiger partial charge in [0.25, 0.3) is 0 Å². The Morgan fingerprint density at radius 2 is 1.84 bits per heavy atom. The predicted octanol–water partition coefficient (Wildman–Crippen LogP) is 6.72. The van der Waals surface area contributed by atoms with Gasteiger partial charge in [-0.15, -0.1) is 13.2 Å². The van der Waals surface area contributed by atoms with Crippen LogP contribution in [-0.4, -0.2) is 34.0 Å². The van der Waals surface area contributed by atoms with Gasteiger partial charge in [-0.25, -0.2) is 14.8 Å². The van der Waals surface area contributed by atoms with Crippen molar-refractivity contribution in [2.75, 3.05) is 11.4 Å². The number of hydrogen-bond donors (Lipinski definition) is 1. The van der Waals surface area contributed by atoms with Gasteiger partial charge in [0.15, 0.2) is 11.6 Å². The van der Waals surface area contributed by atoms with Crippen molar-refractivity contribution in [3.63, 3.8) is 0 Å². The van der Waals surface area contributed by atoms with Crippen molar-refractivity contribution >= 4 is 39.5 Å². The number of carboxylic acids is 1. The minimum atomic E-state index is -4.83. The van der Waals surface area contributed by atoms with Crippen molar-refractivity contribution in [1.29, 1.82) is 0 Å². The molecule has 0 atom stereocenters.